The molecule has 2 nitrogen and oxygen atoms in total. The Kier molecular flexibility index (Phi) is 3.65. The minimum atomic E-state index is -0.393. The summed E-state index contributed by atoms with van der Waals surface area (Å²) >= 11 is 0. The summed E-state index contributed by atoms with van der Waals surface area (Å²) < 4.78 is 14.0. The van der Waals surface area contributed by atoms with E-state index in [0.717, 1.165) is 11.3 Å². The summed E-state index contributed by atoms with van der Waals surface area (Å²) in [4.78, 5) is 13.3. The van der Waals surface area contributed by atoms with Gasteiger partial charge in [-0.3, -0.25) is 4.79 Å². The third-order valence-corrected chi connectivity index (χ3v) is 3.12. The summed E-state index contributed by atoms with van der Waals surface area (Å²) in [5.74, 6) is -0.538. The molecule has 0 fully saturated rings. The molecule has 0 radical (unpaired) electrons. The molecule has 0 aliphatic rings. The van der Waals surface area contributed by atoms with Gasteiger partial charge in [-0.25, -0.2) is 4.39 Å². The molecule has 0 aromatic heterocycles. The lowest BCUT2D eigenvalue weighted by atomic mass is 10.1. The topological polar surface area (TPSA) is 20.3 Å². The molecule has 19 heavy (non-hydrogen) atoms. The van der Waals surface area contributed by atoms with E-state index >= 15 is 0 Å². The Morgan fingerprint density at radius 1 is 1.11 bits per heavy atom. The van der Waals surface area contributed by atoms with E-state index in [1.165, 1.54) is 13.0 Å². The molecule has 0 unspecified atom stereocenters. The Morgan fingerprint density at radius 2 is 1.74 bits per heavy atom. The number of ketones is 1. The highest BCUT2D eigenvalue weighted by atomic mass is 19.1. The summed E-state index contributed by atoms with van der Waals surface area (Å²) in [6.07, 6.45) is 0. The van der Waals surface area contributed by atoms with Gasteiger partial charge in [-0.1, -0.05) is 23.8 Å². The van der Waals surface area contributed by atoms with Gasteiger partial charge in [0.2, 0.25) is 0 Å². The average molecular weight is 257 g/mol. The maximum absolute atomic E-state index is 14.0. The molecule has 0 N–H and O–H groups in total. The quantitative estimate of drug-likeness (QED) is 0.771. The average Bonchev–Trinajstić information content (AvgIpc) is 2.38. The number of benzene rings is 2. The number of Topliss-reactive ketones (excluding diaryl/α,β-unsaturated/α-hetero) is 1. The standard InChI is InChI=1S/C16H16FNO/c1-11-7-9-13(10-8-11)18(3)16-14(12(2)19)5-4-6-15(16)17/h4-10H,1-3H3. The van der Waals surface area contributed by atoms with E-state index in [0.29, 0.717) is 11.3 Å². The predicted octanol–water partition coefficient (Wildman–Crippen LogP) is 4.10. The van der Waals surface area contributed by atoms with Crippen molar-refractivity contribution in [2.45, 2.75) is 13.8 Å². The van der Waals surface area contributed by atoms with Crippen LogP contribution < -0.4 is 4.90 Å². The molecule has 2 aromatic rings. The zero-order valence-electron chi connectivity index (χ0n) is 11.3. The fourth-order valence-corrected chi connectivity index (χ4v) is 2.04. The van der Waals surface area contributed by atoms with Crippen LogP contribution in [0.5, 0.6) is 0 Å². The number of carbonyl (C=O) groups excluding carboxylic acids is 1. The first-order valence-corrected chi connectivity index (χ1v) is 6.10. The van der Waals surface area contributed by atoms with Gasteiger partial charge in [-0.05, 0) is 38.1 Å². The van der Waals surface area contributed by atoms with Crippen molar-refractivity contribution in [3.63, 3.8) is 0 Å². The second kappa shape index (κ2) is 5.22. The van der Waals surface area contributed by atoms with Gasteiger partial charge in [-0.15, -0.1) is 0 Å². The maximum Gasteiger partial charge on any atom is 0.162 e. The van der Waals surface area contributed by atoms with Crippen LogP contribution in [0.4, 0.5) is 15.8 Å². The Labute approximate surface area is 112 Å². The third-order valence-electron chi connectivity index (χ3n) is 3.12. The Hall–Kier alpha value is -2.16. The highest BCUT2D eigenvalue weighted by Crippen LogP contribution is 2.30. The summed E-state index contributed by atoms with van der Waals surface area (Å²) in [7, 11) is 1.76. The van der Waals surface area contributed by atoms with Crippen molar-refractivity contribution in [3.8, 4) is 0 Å². The number of hydrogen-bond acceptors (Lipinski definition) is 2. The summed E-state index contributed by atoms with van der Waals surface area (Å²) in [5, 5.41) is 0. The molecule has 0 amide bonds. The molecule has 0 atom stereocenters. The molecule has 98 valence electrons. The van der Waals surface area contributed by atoms with Crippen molar-refractivity contribution in [2.75, 3.05) is 11.9 Å². The molecule has 2 rings (SSSR count). The molecular formula is C16H16FNO. The van der Waals surface area contributed by atoms with Crippen molar-refractivity contribution >= 4 is 17.2 Å². The van der Waals surface area contributed by atoms with E-state index in [-0.39, 0.29) is 5.78 Å². The van der Waals surface area contributed by atoms with Gasteiger partial charge in [0.1, 0.15) is 5.82 Å². The zero-order chi connectivity index (χ0) is 14.0. The Balaban J connectivity index is 2.52. The lowest BCUT2D eigenvalue weighted by molar-refractivity contribution is 0.101. The second-order valence-corrected chi connectivity index (χ2v) is 4.59. The van der Waals surface area contributed by atoms with E-state index in [2.05, 4.69) is 0 Å². The molecule has 0 aliphatic heterocycles. The molecular weight excluding hydrogens is 241 g/mol. The second-order valence-electron chi connectivity index (χ2n) is 4.59. The third kappa shape index (κ3) is 2.65. The SMILES string of the molecule is CC(=O)c1cccc(F)c1N(C)c1ccc(C)cc1. The van der Waals surface area contributed by atoms with Gasteiger partial charge in [-0.2, -0.15) is 0 Å². The van der Waals surface area contributed by atoms with Crippen molar-refractivity contribution in [3.05, 3.63) is 59.4 Å². The Morgan fingerprint density at radius 3 is 2.32 bits per heavy atom. The number of aryl methyl sites for hydroxylation is 1. The number of anilines is 2. The fraction of sp³-hybridized carbons (Fsp3) is 0.188. The van der Waals surface area contributed by atoms with Gasteiger partial charge in [0, 0.05) is 18.3 Å². The molecule has 0 aliphatic carbocycles. The summed E-state index contributed by atoms with van der Waals surface area (Å²) in [5.41, 5.74) is 2.69. The molecule has 3 heteroatoms. The van der Waals surface area contributed by atoms with Gasteiger partial charge in [0.15, 0.2) is 5.78 Å². The van der Waals surface area contributed by atoms with E-state index in [9.17, 15) is 9.18 Å². The summed E-state index contributed by atoms with van der Waals surface area (Å²) in [6, 6.07) is 12.3. The van der Waals surface area contributed by atoms with E-state index in [1.807, 2.05) is 31.2 Å². The largest absolute Gasteiger partial charge is 0.342 e. The van der Waals surface area contributed by atoms with Gasteiger partial charge >= 0.3 is 0 Å². The van der Waals surface area contributed by atoms with Crippen LogP contribution >= 0.6 is 0 Å². The molecule has 2 aromatic carbocycles. The molecule has 0 bridgehead atoms. The summed E-state index contributed by atoms with van der Waals surface area (Å²) in [6.45, 7) is 3.44. The predicted molar refractivity (Wildman–Crippen MR) is 75.6 cm³/mol. The fourth-order valence-electron chi connectivity index (χ4n) is 2.04. The smallest absolute Gasteiger partial charge is 0.162 e. The number of rotatable bonds is 3. The highest BCUT2D eigenvalue weighted by molar-refractivity contribution is 6.00. The van der Waals surface area contributed by atoms with Crippen LogP contribution in [0.2, 0.25) is 0 Å². The van der Waals surface area contributed by atoms with Crippen LogP contribution in [0.15, 0.2) is 42.5 Å². The molecule has 0 spiro atoms. The van der Waals surface area contributed by atoms with Crippen molar-refractivity contribution < 1.29 is 9.18 Å². The lowest BCUT2D eigenvalue weighted by Crippen LogP contribution is -2.15. The van der Waals surface area contributed by atoms with Crippen LogP contribution in [0.3, 0.4) is 0 Å². The van der Waals surface area contributed by atoms with E-state index < -0.39 is 5.82 Å². The van der Waals surface area contributed by atoms with Crippen LogP contribution in [-0.4, -0.2) is 12.8 Å². The number of carbonyl (C=O) groups is 1. The minimum absolute atomic E-state index is 0.145. The molecule has 0 saturated carbocycles. The first kappa shape index (κ1) is 13.3. The van der Waals surface area contributed by atoms with Crippen LogP contribution in [0.25, 0.3) is 0 Å². The number of hydrogen-bond donors (Lipinski definition) is 0. The lowest BCUT2D eigenvalue weighted by Gasteiger charge is -2.22. The van der Waals surface area contributed by atoms with Gasteiger partial charge < -0.3 is 4.90 Å². The van der Waals surface area contributed by atoms with Crippen molar-refractivity contribution in [2.24, 2.45) is 0 Å². The van der Waals surface area contributed by atoms with Crippen LogP contribution in [0, 0.1) is 12.7 Å². The van der Waals surface area contributed by atoms with Crippen LogP contribution in [0.1, 0.15) is 22.8 Å². The number of halogens is 1. The first-order chi connectivity index (χ1) is 9.00. The monoisotopic (exact) mass is 257 g/mol. The van der Waals surface area contributed by atoms with E-state index in [1.54, 1.807) is 24.1 Å². The van der Waals surface area contributed by atoms with Crippen molar-refractivity contribution in [1.82, 2.24) is 0 Å². The highest BCUT2D eigenvalue weighted by Gasteiger charge is 2.16. The first-order valence-electron chi connectivity index (χ1n) is 6.10. The van der Waals surface area contributed by atoms with Gasteiger partial charge in [0.25, 0.3) is 0 Å². The van der Waals surface area contributed by atoms with E-state index in [4.69, 9.17) is 0 Å². The maximum atomic E-state index is 14.0. The normalized spacial score (nSPS) is 10.3. The molecule has 0 saturated heterocycles. The zero-order valence-corrected chi connectivity index (χ0v) is 11.3. The Bertz CT molecular complexity index is 605. The number of para-hydroxylation sites is 1. The minimum Gasteiger partial charge on any atom is -0.342 e. The number of nitrogens with zero attached hydrogens (tertiary/aromatic N) is 1. The molecule has 0 heterocycles. The van der Waals surface area contributed by atoms with Gasteiger partial charge in [0.05, 0.1) is 5.69 Å². The van der Waals surface area contributed by atoms with Crippen molar-refractivity contribution in [1.29, 1.82) is 0 Å². The van der Waals surface area contributed by atoms with Crippen LogP contribution in [-0.2, 0) is 0 Å².